The van der Waals surface area contributed by atoms with Crippen LogP contribution in [0.5, 0.6) is 0 Å². The van der Waals surface area contributed by atoms with E-state index in [4.69, 9.17) is 20.4 Å². The molecule has 0 rings (SSSR count). The van der Waals surface area contributed by atoms with Gasteiger partial charge in [-0.25, -0.2) is 4.79 Å². The molecule has 0 aliphatic rings. The van der Waals surface area contributed by atoms with E-state index in [2.05, 4.69) is 0 Å². The number of rotatable bonds is 3. The van der Waals surface area contributed by atoms with Gasteiger partial charge in [0.2, 0.25) is 0 Å². The van der Waals surface area contributed by atoms with E-state index in [0.29, 0.717) is 0 Å². The Hall–Kier alpha value is -0.650. The van der Waals surface area contributed by atoms with Gasteiger partial charge in [0.05, 0.1) is 6.61 Å². The van der Waals surface area contributed by atoms with Crippen molar-refractivity contribution in [1.29, 1.82) is 0 Å². The van der Waals surface area contributed by atoms with Crippen LogP contribution in [0.2, 0.25) is 0 Å². The summed E-state index contributed by atoms with van der Waals surface area (Å²) in [6, 6.07) is 0. The van der Waals surface area contributed by atoms with E-state index in [1.165, 1.54) is 0 Å². The Morgan fingerprint density at radius 1 is 1.44 bits per heavy atom. The van der Waals surface area contributed by atoms with Crippen molar-refractivity contribution < 1.29 is 25.2 Å². The van der Waals surface area contributed by atoms with E-state index in [9.17, 15) is 4.79 Å². The highest BCUT2D eigenvalue weighted by atomic mass is 16.4. The van der Waals surface area contributed by atoms with Gasteiger partial charge >= 0.3 is 5.97 Å². The summed E-state index contributed by atoms with van der Waals surface area (Å²) in [7, 11) is 0. The molecule has 0 heterocycles. The van der Waals surface area contributed by atoms with Gasteiger partial charge in [-0.1, -0.05) is 0 Å². The van der Waals surface area contributed by atoms with Crippen LogP contribution in [0.15, 0.2) is 0 Å². The van der Waals surface area contributed by atoms with Crippen molar-refractivity contribution in [3.63, 3.8) is 0 Å². The molecular formula is C4H8O5. The number of aliphatic hydroxyl groups is 3. The van der Waals surface area contributed by atoms with Crippen LogP contribution >= 0.6 is 0 Å². The molecule has 0 bridgehead atoms. The van der Waals surface area contributed by atoms with Crippen molar-refractivity contribution >= 4 is 5.97 Å². The molecule has 0 radical (unpaired) electrons. The second-order valence-electron chi connectivity index (χ2n) is 1.53. The lowest BCUT2D eigenvalue weighted by molar-refractivity contribution is -0.154. The van der Waals surface area contributed by atoms with E-state index >= 15 is 0 Å². The van der Waals surface area contributed by atoms with E-state index in [0.717, 1.165) is 0 Å². The fraction of sp³-hybridized carbons (Fsp3) is 0.750. The molecule has 2 atom stereocenters. The Kier molecular flexibility index (Phi) is 3.15. The number of carboxylic acids is 1. The normalized spacial score (nSPS) is 16.8. The fourth-order valence-electron chi connectivity index (χ4n) is 0.264. The molecule has 54 valence electrons. The van der Waals surface area contributed by atoms with Crippen molar-refractivity contribution in [3.8, 4) is 0 Å². The predicted molar refractivity (Wildman–Crippen MR) is 26.7 cm³/mol. The Balaban J connectivity index is 3.72. The Morgan fingerprint density at radius 3 is 2.00 bits per heavy atom. The summed E-state index contributed by atoms with van der Waals surface area (Å²) in [5.74, 6) is -1.54. The summed E-state index contributed by atoms with van der Waals surface area (Å²) in [5, 5.41) is 32.8. The first kappa shape index (κ1) is 8.35. The minimum absolute atomic E-state index is 0.756. The van der Waals surface area contributed by atoms with E-state index in [-0.39, 0.29) is 0 Å². The lowest BCUT2D eigenvalue weighted by Gasteiger charge is -2.09. The van der Waals surface area contributed by atoms with Crippen LogP contribution in [0.1, 0.15) is 0 Å². The molecule has 5 nitrogen and oxygen atoms in total. The summed E-state index contributed by atoms with van der Waals surface area (Å²) in [6.07, 6.45) is -3.49. The van der Waals surface area contributed by atoms with E-state index in [1.807, 2.05) is 0 Å². The van der Waals surface area contributed by atoms with Gasteiger partial charge in [0.25, 0.3) is 0 Å². The highest BCUT2D eigenvalue weighted by Crippen LogP contribution is 1.90. The molecule has 0 fully saturated rings. The Bertz CT molecular complexity index is 101. The van der Waals surface area contributed by atoms with Gasteiger partial charge in [-0.3, -0.25) is 0 Å². The maximum absolute atomic E-state index is 9.78. The van der Waals surface area contributed by atoms with Crippen molar-refractivity contribution in [1.82, 2.24) is 0 Å². The van der Waals surface area contributed by atoms with Crippen molar-refractivity contribution in [2.24, 2.45) is 0 Å². The molecule has 0 aromatic carbocycles. The minimum atomic E-state index is -1.89. The van der Waals surface area contributed by atoms with Crippen LogP contribution in [-0.4, -0.2) is 45.2 Å². The lowest BCUT2D eigenvalue weighted by atomic mass is 10.2. The number of aliphatic carboxylic acids is 1. The van der Waals surface area contributed by atoms with Crippen LogP contribution < -0.4 is 0 Å². The molecule has 5 heteroatoms. The van der Waals surface area contributed by atoms with Crippen LogP contribution in [0.4, 0.5) is 0 Å². The number of carbonyl (C=O) groups is 1. The van der Waals surface area contributed by atoms with E-state index < -0.39 is 24.8 Å². The zero-order valence-electron chi connectivity index (χ0n) is 4.56. The van der Waals surface area contributed by atoms with Crippen LogP contribution in [0.3, 0.4) is 0 Å². The van der Waals surface area contributed by atoms with Crippen molar-refractivity contribution in [2.45, 2.75) is 12.2 Å². The third-order valence-electron chi connectivity index (χ3n) is 0.805. The average Bonchev–Trinajstić information content (AvgIpc) is 1.84. The summed E-state index contributed by atoms with van der Waals surface area (Å²) in [5.41, 5.74) is 0. The summed E-state index contributed by atoms with van der Waals surface area (Å²) in [4.78, 5) is 9.78. The molecule has 0 amide bonds. The highest BCUT2D eigenvalue weighted by Gasteiger charge is 2.21. The van der Waals surface area contributed by atoms with Gasteiger partial charge in [-0.2, -0.15) is 0 Å². The lowest BCUT2D eigenvalue weighted by Crippen LogP contribution is -2.36. The third-order valence-corrected chi connectivity index (χ3v) is 0.805. The van der Waals surface area contributed by atoms with Gasteiger partial charge in [-0.05, 0) is 0 Å². The third kappa shape index (κ3) is 2.41. The first-order valence-electron chi connectivity index (χ1n) is 2.29. The molecule has 0 aliphatic heterocycles. The summed E-state index contributed by atoms with van der Waals surface area (Å²) in [6.45, 7) is -0.756. The van der Waals surface area contributed by atoms with Crippen LogP contribution in [0, 0.1) is 0 Å². The zero-order chi connectivity index (χ0) is 7.44. The molecule has 0 saturated carbocycles. The smallest absolute Gasteiger partial charge is 0.335 e. The average molecular weight is 136 g/mol. The predicted octanol–water partition coefficient (Wildman–Crippen LogP) is -2.21. The van der Waals surface area contributed by atoms with Crippen LogP contribution in [-0.2, 0) is 4.79 Å². The zero-order valence-corrected chi connectivity index (χ0v) is 4.56. The number of hydrogen-bond donors (Lipinski definition) is 4. The quantitative estimate of drug-likeness (QED) is 0.352. The maximum atomic E-state index is 9.78. The van der Waals surface area contributed by atoms with Gasteiger partial charge < -0.3 is 20.4 Å². The minimum Gasteiger partial charge on any atom is -0.479 e. The molecule has 4 N–H and O–H groups in total. The number of hydrogen-bond acceptors (Lipinski definition) is 4. The number of carboxylic acid groups (broad SMARTS) is 1. The summed E-state index contributed by atoms with van der Waals surface area (Å²) >= 11 is 0. The molecule has 0 aromatic rings. The van der Waals surface area contributed by atoms with Crippen molar-refractivity contribution in [3.05, 3.63) is 0 Å². The molecular weight excluding hydrogens is 128 g/mol. The van der Waals surface area contributed by atoms with Crippen LogP contribution in [0.25, 0.3) is 0 Å². The Labute approximate surface area is 51.2 Å². The first-order valence-corrected chi connectivity index (χ1v) is 2.29. The second kappa shape index (κ2) is 3.39. The van der Waals surface area contributed by atoms with E-state index in [1.54, 1.807) is 0 Å². The molecule has 0 saturated heterocycles. The molecule has 0 spiro atoms. The fourth-order valence-corrected chi connectivity index (χ4v) is 0.264. The van der Waals surface area contributed by atoms with Gasteiger partial charge in [0.15, 0.2) is 6.10 Å². The second-order valence-corrected chi connectivity index (χ2v) is 1.53. The maximum Gasteiger partial charge on any atom is 0.335 e. The monoisotopic (exact) mass is 136 g/mol. The topological polar surface area (TPSA) is 98.0 Å². The molecule has 0 aromatic heterocycles. The molecule has 0 aliphatic carbocycles. The highest BCUT2D eigenvalue weighted by molar-refractivity contribution is 5.72. The van der Waals surface area contributed by atoms with Gasteiger partial charge in [0, 0.05) is 0 Å². The first-order chi connectivity index (χ1) is 4.09. The van der Waals surface area contributed by atoms with Crippen molar-refractivity contribution in [2.75, 3.05) is 6.61 Å². The van der Waals surface area contributed by atoms with Gasteiger partial charge in [0.1, 0.15) is 6.10 Å². The Morgan fingerprint density at radius 2 is 1.89 bits per heavy atom. The SMILES string of the molecule is O=C(O)[C@H](O)[C@@H](O)CO. The van der Waals surface area contributed by atoms with Gasteiger partial charge in [-0.15, -0.1) is 0 Å². The number of aliphatic hydroxyl groups excluding tert-OH is 3. The molecule has 0 unspecified atom stereocenters. The standard InChI is InChI=1S/C4H8O5/c5-1-2(6)3(7)4(8)9/h2-3,5-7H,1H2,(H,8,9)/t2-,3+/m0/s1. The summed E-state index contributed by atoms with van der Waals surface area (Å²) < 4.78 is 0. The largest absolute Gasteiger partial charge is 0.479 e. The molecule has 9 heavy (non-hydrogen) atoms.